The van der Waals surface area contributed by atoms with Gasteiger partial charge in [0.2, 0.25) is 0 Å². The van der Waals surface area contributed by atoms with Crippen molar-refractivity contribution in [3.63, 3.8) is 0 Å². The first-order valence-corrected chi connectivity index (χ1v) is 8.00. The number of amides is 1. The number of para-hydroxylation sites is 1. The van der Waals surface area contributed by atoms with Crippen LogP contribution in [-0.4, -0.2) is 21.7 Å². The summed E-state index contributed by atoms with van der Waals surface area (Å²) in [4.78, 5) is 25.4. The molecule has 1 atom stereocenters. The molecule has 5 nitrogen and oxygen atoms in total. The molecule has 0 radical (unpaired) electrons. The molecule has 1 heterocycles. The number of fused-ring (bicyclic) bond motifs is 1. The molecule has 0 bridgehead atoms. The Morgan fingerprint density at radius 1 is 1.08 bits per heavy atom. The Morgan fingerprint density at radius 2 is 1.71 bits per heavy atom. The zero-order valence-electron chi connectivity index (χ0n) is 13.7. The third kappa shape index (κ3) is 2.93. The van der Waals surface area contributed by atoms with Crippen molar-refractivity contribution in [2.24, 2.45) is 0 Å². The maximum atomic E-state index is 12.8. The lowest BCUT2D eigenvalue weighted by Gasteiger charge is -2.14. The van der Waals surface area contributed by atoms with Gasteiger partial charge < -0.3 is 5.32 Å². The van der Waals surface area contributed by atoms with Crippen molar-refractivity contribution in [3.05, 3.63) is 70.6 Å². The van der Waals surface area contributed by atoms with Gasteiger partial charge in [0.25, 0.3) is 11.5 Å². The highest BCUT2D eigenvalue weighted by Crippen LogP contribution is 2.15. The van der Waals surface area contributed by atoms with Crippen molar-refractivity contribution in [2.75, 3.05) is 0 Å². The van der Waals surface area contributed by atoms with Crippen LogP contribution in [0.1, 0.15) is 30.8 Å². The van der Waals surface area contributed by atoms with Crippen molar-refractivity contribution in [1.29, 1.82) is 0 Å². The first-order chi connectivity index (χ1) is 11.6. The lowest BCUT2D eigenvalue weighted by molar-refractivity contribution is 0.0934. The Hall–Kier alpha value is -2.95. The van der Waals surface area contributed by atoms with Crippen LogP contribution in [0.2, 0.25) is 0 Å². The van der Waals surface area contributed by atoms with E-state index in [4.69, 9.17) is 0 Å². The molecule has 1 unspecified atom stereocenters. The SMILES string of the molecule is CCC(C)NC(=O)c1nn(-c2ccccc2)c(=O)c2ccccc12. The monoisotopic (exact) mass is 321 g/mol. The van der Waals surface area contributed by atoms with Crippen LogP contribution in [0.3, 0.4) is 0 Å². The van der Waals surface area contributed by atoms with Gasteiger partial charge >= 0.3 is 0 Å². The van der Waals surface area contributed by atoms with E-state index in [0.717, 1.165) is 6.42 Å². The quantitative estimate of drug-likeness (QED) is 0.803. The topological polar surface area (TPSA) is 64.0 Å². The molecular weight excluding hydrogens is 302 g/mol. The van der Waals surface area contributed by atoms with E-state index in [0.29, 0.717) is 16.5 Å². The molecule has 0 saturated heterocycles. The third-order valence-corrected chi connectivity index (χ3v) is 4.01. The van der Waals surface area contributed by atoms with Crippen LogP contribution in [0, 0.1) is 0 Å². The summed E-state index contributed by atoms with van der Waals surface area (Å²) in [6, 6.07) is 16.2. The maximum absolute atomic E-state index is 12.8. The summed E-state index contributed by atoms with van der Waals surface area (Å²) in [5.41, 5.74) is 0.650. The second-order valence-corrected chi connectivity index (χ2v) is 5.73. The zero-order valence-corrected chi connectivity index (χ0v) is 13.7. The van der Waals surface area contributed by atoms with Gasteiger partial charge in [0.05, 0.1) is 11.1 Å². The number of carbonyl (C=O) groups is 1. The van der Waals surface area contributed by atoms with Gasteiger partial charge in [-0.1, -0.05) is 43.3 Å². The van der Waals surface area contributed by atoms with Crippen molar-refractivity contribution in [2.45, 2.75) is 26.3 Å². The van der Waals surface area contributed by atoms with Crippen LogP contribution >= 0.6 is 0 Å². The summed E-state index contributed by atoms with van der Waals surface area (Å²) in [6.07, 6.45) is 0.821. The fraction of sp³-hybridized carbons (Fsp3) is 0.211. The van der Waals surface area contributed by atoms with Gasteiger partial charge in [0, 0.05) is 11.4 Å². The van der Waals surface area contributed by atoms with E-state index in [-0.39, 0.29) is 23.2 Å². The predicted molar refractivity (Wildman–Crippen MR) is 94.6 cm³/mol. The molecule has 24 heavy (non-hydrogen) atoms. The Bertz CT molecular complexity index is 932. The standard InChI is InChI=1S/C19H19N3O2/c1-3-13(2)20-18(23)17-15-11-7-8-12-16(15)19(24)22(21-17)14-9-5-4-6-10-14/h4-13H,3H2,1-2H3,(H,20,23). The average molecular weight is 321 g/mol. The molecule has 0 aliphatic heterocycles. The Morgan fingerprint density at radius 3 is 2.38 bits per heavy atom. The first-order valence-electron chi connectivity index (χ1n) is 8.00. The number of aromatic nitrogens is 2. The molecule has 5 heteroatoms. The van der Waals surface area contributed by atoms with Crippen LogP contribution in [0.15, 0.2) is 59.4 Å². The molecule has 0 aliphatic rings. The highest BCUT2D eigenvalue weighted by Gasteiger charge is 2.18. The van der Waals surface area contributed by atoms with Crippen LogP contribution in [0.4, 0.5) is 0 Å². The number of carbonyl (C=O) groups excluding carboxylic acids is 1. The first kappa shape index (κ1) is 15.9. The van der Waals surface area contributed by atoms with Gasteiger partial charge in [0.1, 0.15) is 0 Å². The smallest absolute Gasteiger partial charge is 0.279 e. The van der Waals surface area contributed by atoms with Crippen molar-refractivity contribution < 1.29 is 4.79 Å². The number of benzene rings is 2. The molecule has 0 saturated carbocycles. The van der Waals surface area contributed by atoms with Crippen LogP contribution in [-0.2, 0) is 0 Å². The molecular formula is C19H19N3O2. The summed E-state index contributed by atoms with van der Waals surface area (Å²) in [7, 11) is 0. The lowest BCUT2D eigenvalue weighted by atomic mass is 10.1. The molecule has 0 aliphatic carbocycles. The summed E-state index contributed by atoms with van der Waals surface area (Å²) in [5, 5.41) is 8.31. The number of rotatable bonds is 4. The lowest BCUT2D eigenvalue weighted by Crippen LogP contribution is -2.34. The fourth-order valence-electron chi connectivity index (χ4n) is 2.50. The summed E-state index contributed by atoms with van der Waals surface area (Å²) in [5.74, 6) is -0.273. The van der Waals surface area contributed by atoms with E-state index in [9.17, 15) is 9.59 Å². The van der Waals surface area contributed by atoms with Gasteiger partial charge in [-0.25, -0.2) is 0 Å². The summed E-state index contributed by atoms with van der Waals surface area (Å²) < 4.78 is 1.29. The van der Waals surface area contributed by atoms with Crippen molar-refractivity contribution >= 4 is 16.7 Å². The van der Waals surface area contributed by atoms with Gasteiger partial charge in [-0.2, -0.15) is 9.78 Å². The number of nitrogens with zero attached hydrogens (tertiary/aromatic N) is 2. The summed E-state index contributed by atoms with van der Waals surface area (Å²) in [6.45, 7) is 3.94. The second-order valence-electron chi connectivity index (χ2n) is 5.73. The maximum Gasteiger partial charge on any atom is 0.279 e. The predicted octanol–water partition coefficient (Wildman–Crippen LogP) is 2.91. The Balaban J connectivity index is 2.23. The molecule has 1 amide bonds. The van der Waals surface area contributed by atoms with Gasteiger partial charge in [0.15, 0.2) is 5.69 Å². The van der Waals surface area contributed by atoms with E-state index in [2.05, 4.69) is 10.4 Å². The third-order valence-electron chi connectivity index (χ3n) is 4.01. The van der Waals surface area contributed by atoms with E-state index in [1.165, 1.54) is 4.68 Å². The molecule has 1 N–H and O–H groups in total. The van der Waals surface area contributed by atoms with Crippen molar-refractivity contribution in [1.82, 2.24) is 15.1 Å². The molecule has 122 valence electrons. The molecule has 3 rings (SSSR count). The molecule has 2 aromatic carbocycles. The number of hydrogen-bond acceptors (Lipinski definition) is 3. The van der Waals surface area contributed by atoms with Gasteiger partial charge in [-0.05, 0) is 31.5 Å². The van der Waals surface area contributed by atoms with E-state index in [1.54, 1.807) is 36.4 Å². The molecule has 3 aromatic rings. The number of nitrogens with one attached hydrogen (secondary N) is 1. The highest BCUT2D eigenvalue weighted by atomic mass is 16.2. The largest absolute Gasteiger partial charge is 0.348 e. The highest BCUT2D eigenvalue weighted by molar-refractivity contribution is 6.04. The molecule has 0 spiro atoms. The van der Waals surface area contributed by atoms with Gasteiger partial charge in [-0.15, -0.1) is 0 Å². The van der Waals surface area contributed by atoms with E-state index < -0.39 is 0 Å². The average Bonchev–Trinajstić information content (AvgIpc) is 2.62. The normalized spacial score (nSPS) is 12.1. The minimum absolute atomic E-state index is 0.0372. The zero-order chi connectivity index (χ0) is 17.1. The van der Waals surface area contributed by atoms with E-state index >= 15 is 0 Å². The van der Waals surface area contributed by atoms with Crippen LogP contribution in [0.5, 0.6) is 0 Å². The summed E-state index contributed by atoms with van der Waals surface area (Å²) >= 11 is 0. The number of hydrogen-bond donors (Lipinski definition) is 1. The van der Waals surface area contributed by atoms with E-state index in [1.807, 2.05) is 32.0 Å². The molecule has 0 fully saturated rings. The fourth-order valence-corrected chi connectivity index (χ4v) is 2.50. The second kappa shape index (κ2) is 6.66. The molecule has 1 aromatic heterocycles. The van der Waals surface area contributed by atoms with Crippen LogP contribution in [0.25, 0.3) is 16.5 Å². The Labute approximate surface area is 139 Å². The minimum atomic E-state index is -0.273. The Kier molecular flexibility index (Phi) is 4.42. The minimum Gasteiger partial charge on any atom is -0.348 e. The van der Waals surface area contributed by atoms with Gasteiger partial charge in [-0.3, -0.25) is 9.59 Å². The van der Waals surface area contributed by atoms with Crippen molar-refractivity contribution in [3.8, 4) is 5.69 Å². The van der Waals surface area contributed by atoms with Crippen LogP contribution < -0.4 is 10.9 Å².